The van der Waals surface area contributed by atoms with E-state index in [1.54, 1.807) is 18.2 Å². The first-order valence-electron chi connectivity index (χ1n) is 9.19. The first-order chi connectivity index (χ1) is 13.1. The van der Waals surface area contributed by atoms with Crippen LogP contribution >= 0.6 is 23.2 Å². The molecular weight excluding hydrogens is 383 g/mol. The summed E-state index contributed by atoms with van der Waals surface area (Å²) in [6.07, 6.45) is 0.890. The third-order valence-corrected chi connectivity index (χ3v) is 5.39. The second kappa shape index (κ2) is 10.1. The number of ether oxygens (including phenoxy) is 1. The van der Waals surface area contributed by atoms with E-state index < -0.39 is 0 Å². The van der Waals surface area contributed by atoms with Crippen molar-refractivity contribution in [2.75, 3.05) is 26.3 Å². The minimum Gasteiger partial charge on any atom is -0.379 e. The monoisotopic (exact) mass is 406 g/mol. The maximum atomic E-state index is 12.1. The number of rotatable bonds is 7. The van der Waals surface area contributed by atoms with Crippen LogP contribution in [0.5, 0.6) is 0 Å². The lowest BCUT2D eigenvalue weighted by atomic mass is 10.1. The third-order valence-electron chi connectivity index (χ3n) is 4.69. The Morgan fingerprint density at radius 1 is 1.00 bits per heavy atom. The Bertz CT molecular complexity index is 739. The molecule has 0 unspecified atom stereocenters. The number of benzene rings is 2. The van der Waals surface area contributed by atoms with Crippen LogP contribution < -0.4 is 5.32 Å². The molecule has 1 fully saturated rings. The molecular formula is C21H24Cl2N2O2. The van der Waals surface area contributed by atoms with E-state index in [0.29, 0.717) is 29.4 Å². The molecule has 1 aliphatic rings. The molecule has 0 aromatic heterocycles. The molecule has 1 aliphatic heterocycles. The normalized spacial score (nSPS) is 14.9. The van der Waals surface area contributed by atoms with Gasteiger partial charge in [-0.2, -0.15) is 0 Å². The molecule has 144 valence electrons. The van der Waals surface area contributed by atoms with E-state index in [-0.39, 0.29) is 5.91 Å². The Labute approximate surface area is 170 Å². The predicted molar refractivity (Wildman–Crippen MR) is 109 cm³/mol. The van der Waals surface area contributed by atoms with Crippen molar-refractivity contribution >= 4 is 29.1 Å². The van der Waals surface area contributed by atoms with Gasteiger partial charge in [0.05, 0.1) is 13.2 Å². The van der Waals surface area contributed by atoms with Gasteiger partial charge in [-0.3, -0.25) is 9.69 Å². The van der Waals surface area contributed by atoms with Crippen LogP contribution in [0.4, 0.5) is 0 Å². The summed E-state index contributed by atoms with van der Waals surface area (Å²) < 4.78 is 5.38. The molecule has 1 heterocycles. The molecule has 0 spiro atoms. The SMILES string of the molecule is O=C(CCc1c(Cl)cccc1Cl)NCc1ccc(CN2CCOCC2)cc1. The summed E-state index contributed by atoms with van der Waals surface area (Å²) in [7, 11) is 0. The topological polar surface area (TPSA) is 41.6 Å². The van der Waals surface area contributed by atoms with Crippen LogP contribution in [0.2, 0.25) is 10.0 Å². The zero-order chi connectivity index (χ0) is 19.1. The number of carbonyl (C=O) groups excluding carboxylic acids is 1. The summed E-state index contributed by atoms with van der Waals surface area (Å²) in [4.78, 5) is 14.5. The van der Waals surface area contributed by atoms with E-state index in [9.17, 15) is 4.79 Å². The average molecular weight is 407 g/mol. The average Bonchev–Trinajstić information content (AvgIpc) is 2.68. The van der Waals surface area contributed by atoms with Gasteiger partial charge in [-0.1, -0.05) is 53.5 Å². The highest BCUT2D eigenvalue weighted by molar-refractivity contribution is 6.36. The molecule has 0 aliphatic carbocycles. The fourth-order valence-electron chi connectivity index (χ4n) is 3.08. The van der Waals surface area contributed by atoms with Crippen molar-refractivity contribution in [2.45, 2.75) is 25.9 Å². The van der Waals surface area contributed by atoms with Crippen LogP contribution in [0.25, 0.3) is 0 Å². The van der Waals surface area contributed by atoms with Crippen molar-refractivity contribution < 1.29 is 9.53 Å². The third kappa shape index (κ3) is 6.22. The number of nitrogens with one attached hydrogen (secondary N) is 1. The molecule has 0 atom stereocenters. The van der Waals surface area contributed by atoms with E-state index in [1.165, 1.54) is 5.56 Å². The van der Waals surface area contributed by atoms with E-state index in [2.05, 4.69) is 34.5 Å². The number of amides is 1. The number of morpholine rings is 1. The minimum absolute atomic E-state index is 0.0108. The maximum absolute atomic E-state index is 12.1. The van der Waals surface area contributed by atoms with Crippen molar-refractivity contribution in [3.8, 4) is 0 Å². The van der Waals surface area contributed by atoms with Crippen LogP contribution in [-0.2, 0) is 29.0 Å². The van der Waals surface area contributed by atoms with E-state index in [1.807, 2.05) is 0 Å². The fraction of sp³-hybridized carbons (Fsp3) is 0.381. The lowest BCUT2D eigenvalue weighted by Crippen LogP contribution is -2.35. The molecule has 0 radical (unpaired) electrons. The number of nitrogens with zero attached hydrogens (tertiary/aromatic N) is 1. The van der Waals surface area contributed by atoms with Gasteiger partial charge in [-0.15, -0.1) is 0 Å². The standard InChI is InChI=1S/C21H24Cl2N2O2/c22-19-2-1-3-20(23)18(19)8-9-21(26)24-14-16-4-6-17(7-5-16)15-25-10-12-27-13-11-25/h1-7H,8-15H2,(H,24,26). The molecule has 2 aromatic rings. The molecule has 2 aromatic carbocycles. The lowest BCUT2D eigenvalue weighted by molar-refractivity contribution is -0.121. The fourth-order valence-corrected chi connectivity index (χ4v) is 3.67. The summed E-state index contributed by atoms with van der Waals surface area (Å²) in [5.41, 5.74) is 3.19. The summed E-state index contributed by atoms with van der Waals surface area (Å²) in [5.74, 6) is -0.0108. The molecule has 3 rings (SSSR count). The molecule has 4 nitrogen and oxygen atoms in total. The molecule has 0 saturated carbocycles. The van der Waals surface area contributed by atoms with Gasteiger partial charge in [0.1, 0.15) is 0 Å². The summed E-state index contributed by atoms with van der Waals surface area (Å²) in [5, 5.41) is 4.16. The van der Waals surface area contributed by atoms with Crippen LogP contribution in [0.15, 0.2) is 42.5 Å². The zero-order valence-electron chi connectivity index (χ0n) is 15.2. The smallest absolute Gasteiger partial charge is 0.220 e. The Balaban J connectivity index is 1.43. The second-order valence-corrected chi connectivity index (χ2v) is 7.50. The molecule has 6 heteroatoms. The van der Waals surface area contributed by atoms with E-state index >= 15 is 0 Å². The highest BCUT2D eigenvalue weighted by Crippen LogP contribution is 2.25. The van der Waals surface area contributed by atoms with E-state index in [4.69, 9.17) is 27.9 Å². The van der Waals surface area contributed by atoms with Gasteiger partial charge in [0, 0.05) is 42.6 Å². The quantitative estimate of drug-likeness (QED) is 0.752. The number of hydrogen-bond donors (Lipinski definition) is 1. The Hall–Kier alpha value is -1.59. The first kappa shape index (κ1) is 20.2. The van der Waals surface area contributed by atoms with Crippen molar-refractivity contribution in [3.63, 3.8) is 0 Å². The van der Waals surface area contributed by atoms with Crippen molar-refractivity contribution in [2.24, 2.45) is 0 Å². The predicted octanol–water partition coefficient (Wildman–Crippen LogP) is 4.07. The van der Waals surface area contributed by atoms with Crippen LogP contribution in [0.3, 0.4) is 0 Å². The molecule has 1 saturated heterocycles. The first-order valence-corrected chi connectivity index (χ1v) is 9.95. The zero-order valence-corrected chi connectivity index (χ0v) is 16.7. The lowest BCUT2D eigenvalue weighted by Gasteiger charge is -2.26. The van der Waals surface area contributed by atoms with Gasteiger partial charge in [-0.05, 0) is 35.2 Å². The van der Waals surface area contributed by atoms with Gasteiger partial charge in [-0.25, -0.2) is 0 Å². The largest absolute Gasteiger partial charge is 0.379 e. The van der Waals surface area contributed by atoms with Crippen molar-refractivity contribution in [1.29, 1.82) is 0 Å². The number of hydrogen-bond acceptors (Lipinski definition) is 3. The maximum Gasteiger partial charge on any atom is 0.220 e. The Morgan fingerprint density at radius 3 is 2.30 bits per heavy atom. The van der Waals surface area contributed by atoms with Gasteiger partial charge in [0.15, 0.2) is 0 Å². The van der Waals surface area contributed by atoms with Gasteiger partial charge >= 0.3 is 0 Å². The minimum atomic E-state index is -0.0108. The molecule has 1 N–H and O–H groups in total. The molecule has 0 bridgehead atoms. The number of halogens is 2. The Kier molecular flexibility index (Phi) is 7.53. The highest BCUT2D eigenvalue weighted by Gasteiger charge is 2.11. The van der Waals surface area contributed by atoms with Gasteiger partial charge in [0.25, 0.3) is 0 Å². The molecule has 1 amide bonds. The van der Waals surface area contributed by atoms with E-state index in [0.717, 1.165) is 44.0 Å². The Morgan fingerprint density at radius 2 is 1.63 bits per heavy atom. The summed E-state index contributed by atoms with van der Waals surface area (Å²) in [6, 6.07) is 13.8. The van der Waals surface area contributed by atoms with Crippen LogP contribution in [0.1, 0.15) is 23.1 Å². The summed E-state index contributed by atoms with van der Waals surface area (Å²) in [6.45, 7) is 5.04. The number of carbonyl (C=O) groups is 1. The van der Waals surface area contributed by atoms with Crippen molar-refractivity contribution in [3.05, 3.63) is 69.2 Å². The highest BCUT2D eigenvalue weighted by atomic mass is 35.5. The second-order valence-electron chi connectivity index (χ2n) is 6.68. The van der Waals surface area contributed by atoms with Gasteiger partial charge < -0.3 is 10.1 Å². The van der Waals surface area contributed by atoms with Gasteiger partial charge in [0.2, 0.25) is 5.91 Å². The van der Waals surface area contributed by atoms with Crippen LogP contribution in [0, 0.1) is 0 Å². The van der Waals surface area contributed by atoms with Crippen LogP contribution in [-0.4, -0.2) is 37.1 Å². The van der Waals surface area contributed by atoms with Crippen molar-refractivity contribution in [1.82, 2.24) is 10.2 Å². The molecule has 27 heavy (non-hydrogen) atoms. The summed E-state index contributed by atoms with van der Waals surface area (Å²) >= 11 is 12.3.